The lowest BCUT2D eigenvalue weighted by Crippen LogP contribution is -2.15. The molecule has 0 aliphatic carbocycles. The summed E-state index contributed by atoms with van der Waals surface area (Å²) < 4.78 is 11.1. The van der Waals surface area contributed by atoms with Crippen LogP contribution >= 0.6 is 0 Å². The first-order chi connectivity index (χ1) is 9.78. The van der Waals surface area contributed by atoms with Gasteiger partial charge in [-0.25, -0.2) is 0 Å². The highest BCUT2D eigenvalue weighted by Crippen LogP contribution is 2.12. The van der Waals surface area contributed by atoms with Gasteiger partial charge in [0.15, 0.2) is 0 Å². The molecule has 2 aromatic rings. The standard InChI is InChI=1S/C15H17N3O2/c1-12-7-8-15(20-12)9-14(17-18-16)11-19-10-13-5-3-2-4-6-13/h2-8,14H,9-11H2,1H3. The molecule has 104 valence electrons. The Balaban J connectivity index is 1.85. The van der Waals surface area contributed by atoms with Crippen molar-refractivity contribution in [3.63, 3.8) is 0 Å². The Labute approximate surface area is 117 Å². The van der Waals surface area contributed by atoms with Gasteiger partial charge in [0.1, 0.15) is 11.5 Å². The normalized spacial score (nSPS) is 11.8. The van der Waals surface area contributed by atoms with Crippen molar-refractivity contribution in [3.8, 4) is 0 Å². The van der Waals surface area contributed by atoms with E-state index in [9.17, 15) is 0 Å². The number of aryl methyl sites for hydroxylation is 1. The summed E-state index contributed by atoms with van der Waals surface area (Å²) in [5.74, 6) is 1.66. The summed E-state index contributed by atoms with van der Waals surface area (Å²) in [5, 5.41) is 3.76. The molecule has 1 unspecified atom stereocenters. The summed E-state index contributed by atoms with van der Waals surface area (Å²) in [6.07, 6.45) is 0.548. The van der Waals surface area contributed by atoms with Crippen molar-refractivity contribution in [1.29, 1.82) is 0 Å². The van der Waals surface area contributed by atoms with Crippen molar-refractivity contribution in [2.45, 2.75) is 26.0 Å². The molecule has 5 heteroatoms. The zero-order valence-electron chi connectivity index (χ0n) is 11.4. The highest BCUT2D eigenvalue weighted by atomic mass is 16.5. The van der Waals surface area contributed by atoms with Gasteiger partial charge in [0.25, 0.3) is 0 Å². The van der Waals surface area contributed by atoms with E-state index in [1.807, 2.05) is 49.4 Å². The molecule has 0 amide bonds. The van der Waals surface area contributed by atoms with E-state index in [0.29, 0.717) is 19.6 Å². The van der Waals surface area contributed by atoms with Gasteiger partial charge in [-0.1, -0.05) is 35.4 Å². The third-order valence-corrected chi connectivity index (χ3v) is 2.87. The molecular weight excluding hydrogens is 254 g/mol. The number of furan rings is 1. The van der Waals surface area contributed by atoms with Crippen LogP contribution in [0.3, 0.4) is 0 Å². The molecule has 0 radical (unpaired) electrons. The molecule has 20 heavy (non-hydrogen) atoms. The van der Waals surface area contributed by atoms with Gasteiger partial charge in [-0.05, 0) is 30.2 Å². The molecule has 0 fully saturated rings. The number of nitrogens with zero attached hydrogens (tertiary/aromatic N) is 3. The minimum atomic E-state index is -0.255. The molecule has 0 aliphatic heterocycles. The zero-order chi connectivity index (χ0) is 14.2. The first-order valence-electron chi connectivity index (χ1n) is 6.49. The van der Waals surface area contributed by atoms with Crippen LogP contribution in [0, 0.1) is 6.92 Å². The fraction of sp³-hybridized carbons (Fsp3) is 0.333. The monoisotopic (exact) mass is 271 g/mol. The SMILES string of the molecule is Cc1ccc(CC(COCc2ccccc2)N=[N+]=[N-])o1. The molecule has 0 aliphatic rings. The molecule has 1 aromatic carbocycles. The maximum atomic E-state index is 8.61. The van der Waals surface area contributed by atoms with E-state index in [4.69, 9.17) is 14.7 Å². The predicted molar refractivity (Wildman–Crippen MR) is 76.2 cm³/mol. The van der Waals surface area contributed by atoms with Gasteiger partial charge in [-0.15, -0.1) is 0 Å². The average Bonchev–Trinajstić information content (AvgIpc) is 2.85. The maximum Gasteiger partial charge on any atom is 0.104 e. The van der Waals surface area contributed by atoms with Crippen molar-refractivity contribution >= 4 is 0 Å². The lowest BCUT2D eigenvalue weighted by atomic mass is 10.2. The molecule has 1 atom stereocenters. The molecule has 5 nitrogen and oxygen atoms in total. The van der Waals surface area contributed by atoms with Crippen LogP contribution in [0.1, 0.15) is 17.1 Å². The van der Waals surface area contributed by atoms with Crippen molar-refractivity contribution in [3.05, 3.63) is 70.0 Å². The van der Waals surface area contributed by atoms with Crippen LogP contribution < -0.4 is 0 Å². The average molecular weight is 271 g/mol. The Kier molecular flexibility index (Phi) is 5.24. The molecular formula is C15H17N3O2. The van der Waals surface area contributed by atoms with Gasteiger partial charge in [0, 0.05) is 11.3 Å². The molecule has 0 N–H and O–H groups in total. The highest BCUT2D eigenvalue weighted by molar-refractivity contribution is 5.13. The third-order valence-electron chi connectivity index (χ3n) is 2.87. The van der Waals surface area contributed by atoms with Crippen LogP contribution in [0.15, 0.2) is 52.0 Å². The Hall–Kier alpha value is -2.23. The molecule has 2 rings (SSSR count). The molecule has 0 spiro atoms. The third kappa shape index (κ3) is 4.46. The molecule has 0 bridgehead atoms. The predicted octanol–water partition coefficient (Wildman–Crippen LogP) is 4.03. The van der Waals surface area contributed by atoms with E-state index in [0.717, 1.165) is 17.1 Å². The Morgan fingerprint density at radius 3 is 2.70 bits per heavy atom. The highest BCUT2D eigenvalue weighted by Gasteiger charge is 2.10. The van der Waals surface area contributed by atoms with E-state index in [2.05, 4.69) is 10.0 Å². The van der Waals surface area contributed by atoms with Gasteiger partial charge < -0.3 is 9.15 Å². The summed E-state index contributed by atoms with van der Waals surface area (Å²) in [5.41, 5.74) is 9.71. The Morgan fingerprint density at radius 2 is 2.05 bits per heavy atom. The van der Waals surface area contributed by atoms with Gasteiger partial charge in [0.2, 0.25) is 0 Å². The van der Waals surface area contributed by atoms with Crippen LogP contribution in [0.2, 0.25) is 0 Å². The fourth-order valence-electron chi connectivity index (χ4n) is 1.92. The summed E-state index contributed by atoms with van der Waals surface area (Å²) in [6, 6.07) is 13.4. The quantitative estimate of drug-likeness (QED) is 0.433. The van der Waals surface area contributed by atoms with Crippen LogP contribution in [-0.4, -0.2) is 12.6 Å². The van der Waals surface area contributed by atoms with Crippen LogP contribution in [0.25, 0.3) is 10.4 Å². The number of ether oxygens (including phenoxy) is 1. The van der Waals surface area contributed by atoms with E-state index >= 15 is 0 Å². The molecule has 1 heterocycles. The number of rotatable bonds is 7. The van der Waals surface area contributed by atoms with Crippen molar-refractivity contribution < 1.29 is 9.15 Å². The Bertz CT molecular complexity index is 574. The molecule has 1 aromatic heterocycles. The number of hydrogen-bond acceptors (Lipinski definition) is 3. The van der Waals surface area contributed by atoms with Gasteiger partial charge in [0.05, 0.1) is 19.3 Å². The number of benzene rings is 1. The smallest absolute Gasteiger partial charge is 0.104 e. The first-order valence-corrected chi connectivity index (χ1v) is 6.49. The maximum absolute atomic E-state index is 8.61. The second-order valence-electron chi connectivity index (χ2n) is 4.58. The number of azide groups is 1. The van der Waals surface area contributed by atoms with Crippen LogP contribution in [-0.2, 0) is 17.8 Å². The second kappa shape index (κ2) is 7.38. The summed E-state index contributed by atoms with van der Waals surface area (Å²) in [4.78, 5) is 2.87. The molecule has 0 saturated carbocycles. The summed E-state index contributed by atoms with van der Waals surface area (Å²) in [6.45, 7) is 2.77. The van der Waals surface area contributed by atoms with Crippen molar-refractivity contribution in [2.24, 2.45) is 5.11 Å². The Morgan fingerprint density at radius 1 is 1.25 bits per heavy atom. The lowest BCUT2D eigenvalue weighted by molar-refractivity contribution is 0.106. The largest absolute Gasteiger partial charge is 0.466 e. The minimum Gasteiger partial charge on any atom is -0.466 e. The fourth-order valence-corrected chi connectivity index (χ4v) is 1.92. The van der Waals surface area contributed by atoms with E-state index in [-0.39, 0.29) is 6.04 Å². The van der Waals surface area contributed by atoms with Crippen molar-refractivity contribution in [1.82, 2.24) is 0 Å². The van der Waals surface area contributed by atoms with Gasteiger partial charge >= 0.3 is 0 Å². The molecule has 0 saturated heterocycles. The lowest BCUT2D eigenvalue weighted by Gasteiger charge is -2.10. The van der Waals surface area contributed by atoms with Crippen LogP contribution in [0.5, 0.6) is 0 Å². The van der Waals surface area contributed by atoms with E-state index < -0.39 is 0 Å². The van der Waals surface area contributed by atoms with Crippen molar-refractivity contribution in [2.75, 3.05) is 6.61 Å². The number of hydrogen-bond donors (Lipinski definition) is 0. The summed E-state index contributed by atoms with van der Waals surface area (Å²) in [7, 11) is 0. The van der Waals surface area contributed by atoms with Crippen LogP contribution in [0.4, 0.5) is 0 Å². The first kappa shape index (κ1) is 14.2. The van der Waals surface area contributed by atoms with Gasteiger partial charge in [-0.3, -0.25) is 0 Å². The summed E-state index contributed by atoms with van der Waals surface area (Å²) >= 11 is 0. The zero-order valence-corrected chi connectivity index (χ0v) is 11.4. The minimum absolute atomic E-state index is 0.255. The topological polar surface area (TPSA) is 71.1 Å². The van der Waals surface area contributed by atoms with E-state index in [1.54, 1.807) is 0 Å². The van der Waals surface area contributed by atoms with Gasteiger partial charge in [-0.2, -0.15) is 0 Å². The second-order valence-corrected chi connectivity index (χ2v) is 4.58. The van der Waals surface area contributed by atoms with E-state index in [1.165, 1.54) is 0 Å².